The fraction of sp³-hybridized carbons (Fsp3) is 0.240. The smallest absolute Gasteiger partial charge is 0.407 e. The van der Waals surface area contributed by atoms with E-state index in [-0.39, 0.29) is 18.9 Å². The lowest BCUT2D eigenvalue weighted by Gasteiger charge is -2.18. The number of aromatic nitrogens is 1. The number of methoxy groups -OCH3 is 1. The molecule has 0 bridgehead atoms. The molecule has 0 radical (unpaired) electrons. The number of carboxylic acids is 1. The number of carbonyl (C=O) groups is 2. The van der Waals surface area contributed by atoms with Crippen LogP contribution in [0, 0.1) is 0 Å². The molecule has 1 atom stereocenters. The summed E-state index contributed by atoms with van der Waals surface area (Å²) in [5.74, 6) is -0.581. The lowest BCUT2D eigenvalue weighted by Crippen LogP contribution is -2.41. The van der Waals surface area contributed by atoms with Crippen molar-refractivity contribution in [3.8, 4) is 16.9 Å². The number of benzene rings is 2. The topological polar surface area (TPSA) is 97.8 Å². The number of rotatable bonds is 8. The van der Waals surface area contributed by atoms with Crippen LogP contribution in [0.25, 0.3) is 11.1 Å². The molecular weight excluding hydrogens is 408 g/mol. The number of carboxylic acid groups (broad SMARTS) is 1. The Morgan fingerprint density at radius 2 is 1.72 bits per heavy atom. The summed E-state index contributed by atoms with van der Waals surface area (Å²) in [6.07, 6.45) is 3.05. The second-order valence-electron chi connectivity index (χ2n) is 7.59. The van der Waals surface area contributed by atoms with Gasteiger partial charge in [-0.2, -0.15) is 0 Å². The number of aryl methyl sites for hydroxylation is 1. The number of aliphatic carboxylic acids is 1. The number of alkyl carbamates (subject to hydrolysis) is 1. The third-order valence-corrected chi connectivity index (χ3v) is 5.71. The van der Waals surface area contributed by atoms with Crippen LogP contribution in [0.1, 0.15) is 29.0 Å². The van der Waals surface area contributed by atoms with Crippen molar-refractivity contribution in [2.45, 2.75) is 24.8 Å². The highest BCUT2D eigenvalue weighted by Crippen LogP contribution is 2.44. The Bertz CT molecular complexity index is 1090. The molecule has 0 saturated carbocycles. The van der Waals surface area contributed by atoms with Gasteiger partial charge in [0.25, 0.3) is 0 Å². The Morgan fingerprint density at radius 3 is 2.34 bits per heavy atom. The van der Waals surface area contributed by atoms with Crippen LogP contribution in [-0.4, -0.2) is 41.9 Å². The second-order valence-corrected chi connectivity index (χ2v) is 7.59. The molecule has 0 spiro atoms. The molecule has 0 fully saturated rings. The van der Waals surface area contributed by atoms with Crippen LogP contribution in [0.15, 0.2) is 67.0 Å². The molecule has 1 amide bonds. The predicted molar refractivity (Wildman–Crippen MR) is 119 cm³/mol. The SMILES string of the molecule is COc1ccncc1CC[C@@H](NC(=O)OCC1c2ccccc2-c2ccccc21)C(=O)O. The molecule has 7 heteroatoms. The molecule has 2 N–H and O–H groups in total. The van der Waals surface area contributed by atoms with E-state index in [0.29, 0.717) is 12.2 Å². The molecule has 0 aliphatic heterocycles. The summed E-state index contributed by atoms with van der Waals surface area (Å²) in [4.78, 5) is 28.2. The minimum absolute atomic E-state index is 0.0870. The molecule has 4 rings (SSSR count). The standard InChI is InChI=1S/C25H24N2O5/c1-31-23-12-13-26-14-16(23)10-11-22(24(28)29)27-25(30)32-15-21-19-8-4-2-6-17(19)18-7-3-5-9-20(18)21/h2-9,12-14,21-22H,10-11,15H2,1H3,(H,27,30)(H,28,29)/t22-/m1/s1. The van der Waals surface area contributed by atoms with Crippen LogP contribution < -0.4 is 10.1 Å². The first-order valence-corrected chi connectivity index (χ1v) is 10.4. The molecule has 1 aliphatic carbocycles. The monoisotopic (exact) mass is 432 g/mol. The first-order valence-electron chi connectivity index (χ1n) is 10.4. The summed E-state index contributed by atoms with van der Waals surface area (Å²) in [6, 6.07) is 16.7. The Kier molecular flexibility index (Phi) is 6.35. The van der Waals surface area contributed by atoms with Crippen LogP contribution in [0.4, 0.5) is 4.79 Å². The van der Waals surface area contributed by atoms with Gasteiger partial charge in [0.2, 0.25) is 0 Å². The van der Waals surface area contributed by atoms with Gasteiger partial charge in [0.1, 0.15) is 18.4 Å². The summed E-state index contributed by atoms with van der Waals surface area (Å²) in [6.45, 7) is 0.128. The number of carbonyl (C=O) groups excluding carboxylic acids is 1. The molecule has 1 aliphatic rings. The quantitative estimate of drug-likeness (QED) is 0.558. The highest BCUT2D eigenvalue weighted by Gasteiger charge is 2.29. The van der Waals surface area contributed by atoms with Crippen molar-refractivity contribution < 1.29 is 24.2 Å². The van der Waals surface area contributed by atoms with Crippen LogP contribution in [0.3, 0.4) is 0 Å². The molecular formula is C25H24N2O5. The van der Waals surface area contributed by atoms with E-state index in [0.717, 1.165) is 27.8 Å². The average Bonchev–Trinajstić information content (AvgIpc) is 3.14. The zero-order chi connectivity index (χ0) is 22.5. The average molecular weight is 432 g/mol. The van der Waals surface area contributed by atoms with Crippen LogP contribution in [0.5, 0.6) is 5.75 Å². The van der Waals surface area contributed by atoms with E-state index in [2.05, 4.69) is 22.4 Å². The molecule has 1 heterocycles. The number of ether oxygens (including phenoxy) is 2. The van der Waals surface area contributed by atoms with Gasteiger partial charge in [-0.25, -0.2) is 9.59 Å². The fourth-order valence-corrected chi connectivity index (χ4v) is 4.14. The van der Waals surface area contributed by atoms with Crippen molar-refractivity contribution in [2.75, 3.05) is 13.7 Å². The van der Waals surface area contributed by atoms with Gasteiger partial charge in [0.15, 0.2) is 0 Å². The third kappa shape index (κ3) is 4.42. The van der Waals surface area contributed by atoms with Gasteiger partial charge in [-0.3, -0.25) is 4.98 Å². The highest BCUT2D eigenvalue weighted by atomic mass is 16.5. The zero-order valence-electron chi connectivity index (χ0n) is 17.7. The van der Waals surface area contributed by atoms with Crippen molar-refractivity contribution in [2.24, 2.45) is 0 Å². The van der Waals surface area contributed by atoms with Crippen LogP contribution in [0.2, 0.25) is 0 Å². The van der Waals surface area contributed by atoms with Gasteiger partial charge in [0.05, 0.1) is 7.11 Å². The maximum absolute atomic E-state index is 12.4. The van der Waals surface area contributed by atoms with E-state index in [1.807, 2.05) is 36.4 Å². The van der Waals surface area contributed by atoms with Crippen molar-refractivity contribution >= 4 is 12.1 Å². The highest BCUT2D eigenvalue weighted by molar-refractivity contribution is 5.81. The molecule has 32 heavy (non-hydrogen) atoms. The zero-order valence-corrected chi connectivity index (χ0v) is 17.7. The summed E-state index contributed by atoms with van der Waals surface area (Å²) < 4.78 is 10.7. The lowest BCUT2D eigenvalue weighted by atomic mass is 9.98. The summed E-state index contributed by atoms with van der Waals surface area (Å²) in [5.41, 5.74) is 5.23. The van der Waals surface area contributed by atoms with Gasteiger partial charge in [-0.15, -0.1) is 0 Å². The van der Waals surface area contributed by atoms with Gasteiger partial charge >= 0.3 is 12.1 Å². The van der Waals surface area contributed by atoms with E-state index in [4.69, 9.17) is 9.47 Å². The number of hydrogen-bond acceptors (Lipinski definition) is 5. The Morgan fingerprint density at radius 1 is 1.06 bits per heavy atom. The van der Waals surface area contributed by atoms with E-state index < -0.39 is 18.1 Å². The van der Waals surface area contributed by atoms with Crippen LogP contribution >= 0.6 is 0 Å². The molecule has 164 valence electrons. The fourth-order valence-electron chi connectivity index (χ4n) is 4.14. The van der Waals surface area contributed by atoms with E-state index in [1.54, 1.807) is 25.6 Å². The summed E-state index contributed by atoms with van der Waals surface area (Å²) >= 11 is 0. The minimum Gasteiger partial charge on any atom is -0.496 e. The maximum Gasteiger partial charge on any atom is 0.407 e. The normalized spacial score (nSPS) is 13.0. The van der Waals surface area contributed by atoms with Crippen LogP contribution in [-0.2, 0) is 16.0 Å². The van der Waals surface area contributed by atoms with Crippen molar-refractivity contribution in [3.05, 3.63) is 83.7 Å². The number of pyridine rings is 1. The van der Waals surface area contributed by atoms with E-state index in [9.17, 15) is 14.7 Å². The molecule has 1 aromatic heterocycles. The molecule has 7 nitrogen and oxygen atoms in total. The molecule has 0 unspecified atom stereocenters. The maximum atomic E-state index is 12.4. The molecule has 3 aromatic rings. The number of amides is 1. The first kappa shape index (κ1) is 21.4. The molecule has 2 aromatic carbocycles. The van der Waals surface area contributed by atoms with Crippen molar-refractivity contribution in [3.63, 3.8) is 0 Å². The number of hydrogen-bond donors (Lipinski definition) is 2. The van der Waals surface area contributed by atoms with Gasteiger partial charge in [-0.05, 0) is 41.2 Å². The third-order valence-electron chi connectivity index (χ3n) is 5.71. The van der Waals surface area contributed by atoms with E-state index >= 15 is 0 Å². The Balaban J connectivity index is 1.39. The van der Waals surface area contributed by atoms with Gasteiger partial charge in [0, 0.05) is 23.9 Å². The summed E-state index contributed by atoms with van der Waals surface area (Å²) in [5, 5.41) is 12.0. The van der Waals surface area contributed by atoms with E-state index in [1.165, 1.54) is 0 Å². The summed E-state index contributed by atoms with van der Waals surface area (Å²) in [7, 11) is 1.54. The number of nitrogens with one attached hydrogen (secondary N) is 1. The number of nitrogens with zero attached hydrogens (tertiary/aromatic N) is 1. The largest absolute Gasteiger partial charge is 0.496 e. The van der Waals surface area contributed by atoms with Gasteiger partial charge < -0.3 is 19.9 Å². The first-order chi connectivity index (χ1) is 15.6. The molecule has 0 saturated heterocycles. The Labute approximate surface area is 186 Å². The Hall–Kier alpha value is -3.87. The second kappa shape index (κ2) is 9.51. The minimum atomic E-state index is -1.12. The van der Waals surface area contributed by atoms with Crippen molar-refractivity contribution in [1.29, 1.82) is 0 Å². The van der Waals surface area contributed by atoms with Crippen molar-refractivity contribution in [1.82, 2.24) is 10.3 Å². The number of fused-ring (bicyclic) bond motifs is 3. The lowest BCUT2D eigenvalue weighted by molar-refractivity contribution is -0.139. The predicted octanol–water partition coefficient (Wildman–Crippen LogP) is 4.01. The van der Waals surface area contributed by atoms with Gasteiger partial charge in [-0.1, -0.05) is 48.5 Å².